The number of hydrogen-bond donors (Lipinski definition) is 1. The van der Waals surface area contributed by atoms with Crippen LogP contribution >= 0.6 is 11.3 Å². The lowest BCUT2D eigenvalue weighted by Gasteiger charge is -2.24. The number of fused-ring (bicyclic) bond motifs is 1. The molecule has 2 heterocycles. The van der Waals surface area contributed by atoms with Gasteiger partial charge in [0.25, 0.3) is 5.78 Å². The van der Waals surface area contributed by atoms with E-state index in [1.165, 1.54) is 47.4 Å². The lowest BCUT2D eigenvalue weighted by atomic mass is 9.85. The molecule has 1 fully saturated rings. The predicted octanol–water partition coefficient (Wildman–Crippen LogP) is 6.50. The molecule has 5 nitrogen and oxygen atoms in total. The van der Waals surface area contributed by atoms with E-state index in [1.807, 2.05) is 24.3 Å². The topological polar surface area (TPSA) is 70.5 Å². The summed E-state index contributed by atoms with van der Waals surface area (Å²) in [7, 11) is 0. The largest absolute Gasteiger partial charge is 0.507 e. The van der Waals surface area contributed by atoms with Gasteiger partial charge in [0, 0.05) is 5.56 Å². The van der Waals surface area contributed by atoms with Crippen molar-refractivity contribution in [2.24, 2.45) is 0 Å². The molecule has 1 aliphatic heterocycles. The van der Waals surface area contributed by atoms with E-state index in [1.54, 1.807) is 0 Å². The standard InChI is InChI=1S/C28H22F2N2O3S/c1-28(2,3)17-8-4-15(5-9-17)23-22(24(33)16-6-10-18(29)11-7-16)25(34)26(35)32(23)27-31-20-13-12-19(30)14-21(20)36-27/h4-14,23,33H,1-3H3/b24-22+/t23-/m0/s1. The summed E-state index contributed by atoms with van der Waals surface area (Å²) in [5.41, 5.74) is 2.09. The predicted molar refractivity (Wildman–Crippen MR) is 136 cm³/mol. The van der Waals surface area contributed by atoms with Crippen molar-refractivity contribution in [3.63, 3.8) is 0 Å². The summed E-state index contributed by atoms with van der Waals surface area (Å²) in [6.07, 6.45) is 0. The lowest BCUT2D eigenvalue weighted by Crippen LogP contribution is -2.29. The molecule has 5 rings (SSSR count). The van der Waals surface area contributed by atoms with Crippen LogP contribution in [0.3, 0.4) is 0 Å². The van der Waals surface area contributed by atoms with Crippen LogP contribution in [0.25, 0.3) is 16.0 Å². The first-order valence-corrected chi connectivity index (χ1v) is 12.1. The molecule has 1 N–H and O–H groups in total. The number of halogens is 2. The molecule has 0 radical (unpaired) electrons. The Morgan fingerprint density at radius 3 is 2.22 bits per heavy atom. The van der Waals surface area contributed by atoms with E-state index in [9.17, 15) is 23.5 Å². The van der Waals surface area contributed by atoms with Crippen LogP contribution in [0.15, 0.2) is 72.3 Å². The fourth-order valence-electron chi connectivity index (χ4n) is 4.26. The highest BCUT2D eigenvalue weighted by Crippen LogP contribution is 2.44. The maximum atomic E-state index is 13.8. The number of amides is 1. The highest BCUT2D eigenvalue weighted by Gasteiger charge is 2.48. The molecule has 0 bridgehead atoms. The monoisotopic (exact) mass is 504 g/mol. The first kappa shape index (κ1) is 23.8. The highest BCUT2D eigenvalue weighted by molar-refractivity contribution is 7.22. The molecule has 0 aliphatic carbocycles. The van der Waals surface area contributed by atoms with Crippen molar-refractivity contribution < 1.29 is 23.5 Å². The third-order valence-electron chi connectivity index (χ3n) is 6.20. The zero-order valence-corrected chi connectivity index (χ0v) is 20.6. The number of nitrogens with zero attached hydrogens (tertiary/aromatic N) is 2. The van der Waals surface area contributed by atoms with Gasteiger partial charge in [0.1, 0.15) is 17.4 Å². The molecular formula is C28H22F2N2O3S. The Hall–Kier alpha value is -3.91. The number of hydrogen-bond acceptors (Lipinski definition) is 5. The number of carbonyl (C=O) groups excluding carboxylic acids is 2. The second kappa shape index (κ2) is 8.64. The maximum Gasteiger partial charge on any atom is 0.301 e. The molecule has 8 heteroatoms. The minimum absolute atomic E-state index is 0.119. The fourth-order valence-corrected chi connectivity index (χ4v) is 5.28. The smallest absolute Gasteiger partial charge is 0.301 e. The number of aliphatic hydroxyl groups excluding tert-OH is 1. The Kier molecular flexibility index (Phi) is 5.71. The van der Waals surface area contributed by atoms with Gasteiger partial charge in [-0.05, 0) is 59.0 Å². The lowest BCUT2D eigenvalue weighted by molar-refractivity contribution is -0.132. The average molecular weight is 505 g/mol. The number of ketones is 1. The van der Waals surface area contributed by atoms with Gasteiger partial charge < -0.3 is 5.11 Å². The second-order valence-corrected chi connectivity index (χ2v) is 10.7. The summed E-state index contributed by atoms with van der Waals surface area (Å²) in [5.74, 6) is -3.09. The normalized spacial score (nSPS) is 17.8. The SMILES string of the molecule is CC(C)(C)c1ccc([C@H]2/C(=C(\O)c3ccc(F)cc3)C(=O)C(=O)N2c2nc3ccc(F)cc3s2)cc1. The minimum atomic E-state index is -0.977. The summed E-state index contributed by atoms with van der Waals surface area (Å²) in [6, 6.07) is 15.6. The molecule has 1 saturated heterocycles. The number of aliphatic hydroxyl groups is 1. The molecule has 1 aliphatic rings. The van der Waals surface area contributed by atoms with E-state index in [4.69, 9.17) is 0 Å². The minimum Gasteiger partial charge on any atom is -0.507 e. The van der Waals surface area contributed by atoms with Crippen molar-refractivity contribution >= 4 is 44.1 Å². The van der Waals surface area contributed by atoms with Crippen molar-refractivity contribution in [2.75, 3.05) is 4.90 Å². The Morgan fingerprint density at radius 1 is 0.944 bits per heavy atom. The van der Waals surface area contributed by atoms with Gasteiger partial charge >= 0.3 is 5.91 Å². The number of benzene rings is 3. The maximum absolute atomic E-state index is 13.8. The molecular weight excluding hydrogens is 482 g/mol. The summed E-state index contributed by atoms with van der Waals surface area (Å²) < 4.78 is 27.8. The van der Waals surface area contributed by atoms with Crippen LogP contribution in [0.1, 0.15) is 43.5 Å². The van der Waals surface area contributed by atoms with Crippen molar-refractivity contribution in [1.82, 2.24) is 4.98 Å². The quantitative estimate of drug-likeness (QED) is 0.196. The molecule has 1 atom stereocenters. The Bertz CT molecular complexity index is 1530. The second-order valence-electron chi connectivity index (χ2n) is 9.66. The van der Waals surface area contributed by atoms with E-state index in [0.717, 1.165) is 16.9 Å². The summed E-state index contributed by atoms with van der Waals surface area (Å²) >= 11 is 1.08. The van der Waals surface area contributed by atoms with Crippen LogP contribution in [0, 0.1) is 11.6 Å². The van der Waals surface area contributed by atoms with E-state index in [0.29, 0.717) is 15.8 Å². The molecule has 36 heavy (non-hydrogen) atoms. The number of Topliss-reactive ketones (excluding diaryl/α,β-unsaturated/α-hetero) is 1. The van der Waals surface area contributed by atoms with Crippen LogP contribution in [0.5, 0.6) is 0 Å². The molecule has 182 valence electrons. The van der Waals surface area contributed by atoms with Crippen LogP contribution in [-0.2, 0) is 15.0 Å². The highest BCUT2D eigenvalue weighted by atomic mass is 32.1. The van der Waals surface area contributed by atoms with Crippen LogP contribution < -0.4 is 4.90 Å². The van der Waals surface area contributed by atoms with Crippen molar-refractivity contribution in [3.8, 4) is 0 Å². The first-order chi connectivity index (χ1) is 17.0. The van der Waals surface area contributed by atoms with Crippen molar-refractivity contribution in [2.45, 2.75) is 32.2 Å². The van der Waals surface area contributed by atoms with Gasteiger partial charge in [0.05, 0.1) is 21.8 Å². The van der Waals surface area contributed by atoms with Gasteiger partial charge in [-0.25, -0.2) is 13.8 Å². The van der Waals surface area contributed by atoms with Crippen LogP contribution in [0.2, 0.25) is 0 Å². The van der Waals surface area contributed by atoms with E-state index >= 15 is 0 Å². The third kappa shape index (κ3) is 4.07. The Morgan fingerprint density at radius 2 is 1.58 bits per heavy atom. The van der Waals surface area contributed by atoms with Gasteiger partial charge in [-0.1, -0.05) is 56.4 Å². The Balaban J connectivity index is 1.71. The van der Waals surface area contributed by atoms with Crippen molar-refractivity contribution in [3.05, 3.63) is 101 Å². The summed E-state index contributed by atoms with van der Waals surface area (Å²) in [4.78, 5) is 32.3. The zero-order valence-electron chi connectivity index (χ0n) is 19.8. The van der Waals surface area contributed by atoms with E-state index < -0.39 is 35.1 Å². The first-order valence-electron chi connectivity index (χ1n) is 11.3. The summed E-state index contributed by atoms with van der Waals surface area (Å²) in [6.45, 7) is 6.22. The van der Waals surface area contributed by atoms with Gasteiger partial charge in [-0.3, -0.25) is 14.5 Å². The van der Waals surface area contributed by atoms with E-state index in [2.05, 4.69) is 25.8 Å². The molecule has 4 aromatic rings. The van der Waals surface area contributed by atoms with Gasteiger partial charge in [-0.2, -0.15) is 0 Å². The molecule has 0 saturated carbocycles. The number of anilines is 1. The number of aromatic nitrogens is 1. The molecule has 1 aromatic heterocycles. The van der Waals surface area contributed by atoms with Gasteiger partial charge in [0.15, 0.2) is 5.13 Å². The zero-order chi connectivity index (χ0) is 25.8. The fraction of sp³-hybridized carbons (Fsp3) is 0.179. The number of rotatable bonds is 3. The van der Waals surface area contributed by atoms with Gasteiger partial charge in [0.2, 0.25) is 0 Å². The average Bonchev–Trinajstić information content (AvgIpc) is 3.36. The molecule has 3 aromatic carbocycles. The van der Waals surface area contributed by atoms with Crippen molar-refractivity contribution in [1.29, 1.82) is 0 Å². The molecule has 0 unspecified atom stereocenters. The number of thiazole rings is 1. The molecule has 0 spiro atoms. The van der Waals surface area contributed by atoms with E-state index in [-0.39, 0.29) is 21.7 Å². The van der Waals surface area contributed by atoms with Crippen LogP contribution in [0.4, 0.5) is 13.9 Å². The van der Waals surface area contributed by atoms with Crippen LogP contribution in [-0.4, -0.2) is 21.8 Å². The summed E-state index contributed by atoms with van der Waals surface area (Å²) in [5, 5.41) is 11.4. The molecule has 1 amide bonds. The van der Waals surface area contributed by atoms with Gasteiger partial charge in [-0.15, -0.1) is 0 Å². The number of carbonyl (C=O) groups is 2. The Labute approximate surface area is 210 Å². The third-order valence-corrected chi connectivity index (χ3v) is 7.22.